The van der Waals surface area contributed by atoms with Crippen molar-refractivity contribution in [3.8, 4) is 0 Å². The van der Waals surface area contributed by atoms with Crippen molar-refractivity contribution in [1.29, 1.82) is 0 Å². The molecule has 2 heterocycles. The van der Waals surface area contributed by atoms with Gasteiger partial charge in [0.15, 0.2) is 0 Å². The third kappa shape index (κ3) is 2.14. The minimum Gasteiger partial charge on any atom is -0.478 e. The number of fused-ring (bicyclic) bond motifs is 1. The van der Waals surface area contributed by atoms with E-state index in [2.05, 4.69) is 16.8 Å². The molecule has 0 bridgehead atoms. The van der Waals surface area contributed by atoms with Crippen LogP contribution in [0, 0.1) is 5.92 Å². The Labute approximate surface area is 111 Å². The Morgan fingerprint density at radius 2 is 2.26 bits per heavy atom. The summed E-state index contributed by atoms with van der Waals surface area (Å²) in [6.45, 7) is 4.31. The molecule has 4 nitrogen and oxygen atoms in total. The summed E-state index contributed by atoms with van der Waals surface area (Å²) in [5.74, 6) is -0.206. The summed E-state index contributed by atoms with van der Waals surface area (Å²) in [5, 5.41) is 9.95. The van der Waals surface area contributed by atoms with Crippen molar-refractivity contribution in [2.24, 2.45) is 5.92 Å². The fraction of sp³-hybridized carbons (Fsp3) is 0.333. The number of benzene rings is 1. The Kier molecular flexibility index (Phi) is 2.85. The Bertz CT molecular complexity index is 639. The summed E-state index contributed by atoms with van der Waals surface area (Å²) in [7, 11) is 0. The molecule has 4 heteroatoms. The number of aromatic carboxylic acids is 1. The number of carboxylic acids is 1. The lowest BCUT2D eigenvalue weighted by Gasteiger charge is -2.18. The molecule has 0 spiro atoms. The average molecular weight is 256 g/mol. The van der Waals surface area contributed by atoms with Crippen molar-refractivity contribution in [3.05, 3.63) is 36.0 Å². The van der Waals surface area contributed by atoms with Gasteiger partial charge in [0.05, 0.1) is 11.1 Å². The Hall–Kier alpha value is -2.10. The number of anilines is 1. The van der Waals surface area contributed by atoms with Crippen molar-refractivity contribution < 1.29 is 9.90 Å². The largest absolute Gasteiger partial charge is 0.478 e. The van der Waals surface area contributed by atoms with Gasteiger partial charge in [-0.2, -0.15) is 0 Å². The molecule has 0 amide bonds. The standard InChI is InChI=1S/C15H16N2O2/c1-10-5-7-17(9-10)11-2-3-14-13(8-11)12(15(18)19)4-6-16-14/h2-4,6,8,10H,5,7,9H2,1H3,(H,18,19)/t10-/m1/s1. The van der Waals surface area contributed by atoms with Crippen molar-refractivity contribution in [2.75, 3.05) is 18.0 Å². The first-order valence-electron chi connectivity index (χ1n) is 6.52. The molecule has 98 valence electrons. The molecule has 1 aromatic heterocycles. The number of pyridine rings is 1. The monoisotopic (exact) mass is 256 g/mol. The molecule has 19 heavy (non-hydrogen) atoms. The molecule has 1 aromatic carbocycles. The van der Waals surface area contributed by atoms with Crippen LogP contribution in [0.15, 0.2) is 30.5 Å². The van der Waals surface area contributed by atoms with Crippen LogP contribution in [0.1, 0.15) is 23.7 Å². The maximum Gasteiger partial charge on any atom is 0.336 e. The summed E-state index contributed by atoms with van der Waals surface area (Å²) < 4.78 is 0. The molecular formula is C15H16N2O2. The van der Waals surface area contributed by atoms with E-state index in [-0.39, 0.29) is 0 Å². The van der Waals surface area contributed by atoms with E-state index in [0.717, 1.165) is 24.3 Å². The highest BCUT2D eigenvalue weighted by molar-refractivity contribution is 6.03. The quantitative estimate of drug-likeness (QED) is 0.897. The first-order chi connectivity index (χ1) is 9.15. The summed E-state index contributed by atoms with van der Waals surface area (Å²) >= 11 is 0. The van der Waals surface area contributed by atoms with E-state index in [1.165, 1.54) is 6.42 Å². The van der Waals surface area contributed by atoms with Gasteiger partial charge in [0, 0.05) is 30.4 Å². The zero-order valence-electron chi connectivity index (χ0n) is 10.8. The predicted molar refractivity (Wildman–Crippen MR) is 74.7 cm³/mol. The van der Waals surface area contributed by atoms with Crippen LogP contribution in [0.3, 0.4) is 0 Å². The van der Waals surface area contributed by atoms with Crippen LogP contribution >= 0.6 is 0 Å². The number of hydrogen-bond acceptors (Lipinski definition) is 3. The van der Waals surface area contributed by atoms with Gasteiger partial charge in [-0.3, -0.25) is 4.98 Å². The summed E-state index contributed by atoms with van der Waals surface area (Å²) in [6.07, 6.45) is 2.74. The maximum atomic E-state index is 11.3. The van der Waals surface area contributed by atoms with E-state index in [1.54, 1.807) is 12.3 Å². The smallest absolute Gasteiger partial charge is 0.336 e. The van der Waals surface area contributed by atoms with E-state index in [0.29, 0.717) is 16.9 Å². The second-order valence-electron chi connectivity index (χ2n) is 5.20. The van der Waals surface area contributed by atoms with Crippen LogP contribution in [0.5, 0.6) is 0 Å². The Morgan fingerprint density at radius 3 is 2.95 bits per heavy atom. The highest BCUT2D eigenvalue weighted by Crippen LogP contribution is 2.27. The van der Waals surface area contributed by atoms with Crippen molar-refractivity contribution in [3.63, 3.8) is 0 Å². The van der Waals surface area contributed by atoms with Gasteiger partial charge in [-0.15, -0.1) is 0 Å². The molecule has 0 aliphatic carbocycles. The van der Waals surface area contributed by atoms with Gasteiger partial charge in [-0.05, 0) is 36.6 Å². The minimum atomic E-state index is -0.903. The molecule has 2 aromatic rings. The highest BCUT2D eigenvalue weighted by atomic mass is 16.4. The molecule has 1 fully saturated rings. The molecule has 1 atom stereocenters. The molecule has 1 saturated heterocycles. The molecule has 0 unspecified atom stereocenters. The second kappa shape index (κ2) is 4.53. The number of nitrogens with zero attached hydrogens (tertiary/aromatic N) is 2. The average Bonchev–Trinajstić information content (AvgIpc) is 2.84. The summed E-state index contributed by atoms with van der Waals surface area (Å²) in [4.78, 5) is 17.8. The molecule has 1 aliphatic rings. The van der Waals surface area contributed by atoms with E-state index in [1.807, 2.05) is 18.2 Å². The van der Waals surface area contributed by atoms with Gasteiger partial charge in [-0.25, -0.2) is 4.79 Å². The van der Waals surface area contributed by atoms with Gasteiger partial charge in [-0.1, -0.05) is 6.92 Å². The lowest BCUT2D eigenvalue weighted by atomic mass is 10.1. The zero-order valence-corrected chi connectivity index (χ0v) is 10.8. The number of carbonyl (C=O) groups is 1. The number of rotatable bonds is 2. The first kappa shape index (κ1) is 12.0. The molecule has 0 radical (unpaired) electrons. The number of hydrogen-bond donors (Lipinski definition) is 1. The van der Waals surface area contributed by atoms with Crippen LogP contribution in [0.25, 0.3) is 10.9 Å². The maximum absolute atomic E-state index is 11.3. The van der Waals surface area contributed by atoms with Crippen LogP contribution in [0.2, 0.25) is 0 Å². The molecular weight excluding hydrogens is 240 g/mol. The fourth-order valence-corrected chi connectivity index (χ4v) is 2.69. The number of aromatic nitrogens is 1. The molecule has 0 saturated carbocycles. The topological polar surface area (TPSA) is 53.4 Å². The van der Waals surface area contributed by atoms with E-state index < -0.39 is 5.97 Å². The Morgan fingerprint density at radius 1 is 1.42 bits per heavy atom. The van der Waals surface area contributed by atoms with E-state index >= 15 is 0 Å². The SMILES string of the molecule is C[C@@H]1CCN(c2ccc3nccc(C(=O)O)c3c2)C1. The van der Waals surface area contributed by atoms with Crippen molar-refractivity contribution in [1.82, 2.24) is 4.98 Å². The Balaban J connectivity index is 2.09. The first-order valence-corrected chi connectivity index (χ1v) is 6.52. The highest BCUT2D eigenvalue weighted by Gasteiger charge is 2.19. The molecule has 1 aliphatic heterocycles. The van der Waals surface area contributed by atoms with E-state index in [9.17, 15) is 9.90 Å². The predicted octanol–water partition coefficient (Wildman–Crippen LogP) is 2.78. The summed E-state index contributed by atoms with van der Waals surface area (Å²) in [5.41, 5.74) is 2.14. The normalized spacial score (nSPS) is 19.0. The van der Waals surface area contributed by atoms with Gasteiger partial charge in [0.1, 0.15) is 0 Å². The van der Waals surface area contributed by atoms with Gasteiger partial charge in [0.25, 0.3) is 0 Å². The lowest BCUT2D eigenvalue weighted by Crippen LogP contribution is -2.18. The van der Waals surface area contributed by atoms with Gasteiger partial charge in [0.2, 0.25) is 0 Å². The van der Waals surface area contributed by atoms with Crippen molar-refractivity contribution in [2.45, 2.75) is 13.3 Å². The number of carboxylic acid groups (broad SMARTS) is 1. The van der Waals surface area contributed by atoms with Crippen LogP contribution in [-0.4, -0.2) is 29.1 Å². The molecule has 3 rings (SSSR count). The third-order valence-electron chi connectivity index (χ3n) is 3.74. The van der Waals surface area contributed by atoms with E-state index in [4.69, 9.17) is 0 Å². The lowest BCUT2D eigenvalue weighted by molar-refractivity contribution is 0.0699. The minimum absolute atomic E-state index is 0.319. The van der Waals surface area contributed by atoms with Crippen LogP contribution in [-0.2, 0) is 0 Å². The zero-order chi connectivity index (χ0) is 13.4. The van der Waals surface area contributed by atoms with Crippen molar-refractivity contribution >= 4 is 22.6 Å². The van der Waals surface area contributed by atoms with Crippen LogP contribution in [0.4, 0.5) is 5.69 Å². The van der Waals surface area contributed by atoms with Gasteiger partial charge < -0.3 is 10.0 Å². The van der Waals surface area contributed by atoms with Gasteiger partial charge >= 0.3 is 5.97 Å². The fourth-order valence-electron chi connectivity index (χ4n) is 2.69. The third-order valence-corrected chi connectivity index (χ3v) is 3.74. The molecule has 1 N–H and O–H groups in total. The van der Waals surface area contributed by atoms with Crippen LogP contribution < -0.4 is 4.90 Å². The summed E-state index contributed by atoms with van der Waals surface area (Å²) in [6, 6.07) is 7.43. The second-order valence-corrected chi connectivity index (χ2v) is 5.20.